The van der Waals surface area contributed by atoms with Gasteiger partial charge in [0.05, 0.1) is 13.7 Å². The van der Waals surface area contributed by atoms with Gasteiger partial charge in [-0.2, -0.15) is 5.10 Å². The zero-order valence-corrected chi connectivity index (χ0v) is 10.6. The highest BCUT2D eigenvalue weighted by Crippen LogP contribution is 2.12. The number of hydrogen-bond donors (Lipinski definition) is 1. The molecule has 1 N–H and O–H groups in total. The minimum atomic E-state index is 0.655. The van der Waals surface area contributed by atoms with Crippen LogP contribution in [0, 0.1) is 0 Å². The second-order valence-corrected chi connectivity index (χ2v) is 3.77. The Labute approximate surface area is 106 Å². The minimum Gasteiger partial charge on any atom is -0.481 e. The molecule has 0 fully saturated rings. The summed E-state index contributed by atoms with van der Waals surface area (Å²) in [6.45, 7) is 4.23. The van der Waals surface area contributed by atoms with Gasteiger partial charge in [0.15, 0.2) is 0 Å². The molecular formula is C12H17N5O. The van der Waals surface area contributed by atoms with Gasteiger partial charge in [-0.25, -0.2) is 14.6 Å². The molecule has 0 aromatic carbocycles. The third-order valence-corrected chi connectivity index (χ3v) is 2.64. The SMILES string of the molecule is CCn1ncnc1CNCc1cccnc1OC. The fraction of sp³-hybridized carbons (Fsp3) is 0.417. The molecule has 0 aliphatic carbocycles. The fourth-order valence-corrected chi connectivity index (χ4v) is 1.74. The van der Waals surface area contributed by atoms with Gasteiger partial charge in [-0.1, -0.05) is 6.07 Å². The van der Waals surface area contributed by atoms with Crippen molar-refractivity contribution in [3.05, 3.63) is 36.0 Å². The topological polar surface area (TPSA) is 64.9 Å². The van der Waals surface area contributed by atoms with E-state index in [0.717, 1.165) is 17.9 Å². The van der Waals surface area contributed by atoms with E-state index in [4.69, 9.17) is 4.74 Å². The Morgan fingerprint density at radius 2 is 2.22 bits per heavy atom. The maximum atomic E-state index is 5.19. The lowest BCUT2D eigenvalue weighted by molar-refractivity contribution is 0.390. The van der Waals surface area contributed by atoms with Crippen LogP contribution >= 0.6 is 0 Å². The predicted octanol–water partition coefficient (Wildman–Crippen LogP) is 0.991. The standard InChI is InChI=1S/C12H17N5O/c1-3-17-11(15-9-16-17)8-13-7-10-5-4-6-14-12(10)18-2/h4-6,9,13H,3,7-8H2,1-2H3. The van der Waals surface area contributed by atoms with Crippen molar-refractivity contribution in [3.8, 4) is 5.88 Å². The molecular weight excluding hydrogens is 230 g/mol. The number of nitrogens with one attached hydrogen (secondary N) is 1. The number of nitrogens with zero attached hydrogens (tertiary/aromatic N) is 4. The number of hydrogen-bond acceptors (Lipinski definition) is 5. The van der Waals surface area contributed by atoms with E-state index in [9.17, 15) is 0 Å². The van der Waals surface area contributed by atoms with Crippen molar-refractivity contribution in [3.63, 3.8) is 0 Å². The molecule has 96 valence electrons. The van der Waals surface area contributed by atoms with Crippen molar-refractivity contribution in [2.24, 2.45) is 0 Å². The summed E-state index contributed by atoms with van der Waals surface area (Å²) in [5.74, 6) is 1.59. The molecule has 6 heteroatoms. The molecule has 0 bridgehead atoms. The first-order chi connectivity index (χ1) is 8.85. The second-order valence-electron chi connectivity index (χ2n) is 3.77. The Balaban J connectivity index is 1.92. The van der Waals surface area contributed by atoms with Crippen LogP contribution in [0.3, 0.4) is 0 Å². The van der Waals surface area contributed by atoms with Crippen molar-refractivity contribution in [2.75, 3.05) is 7.11 Å². The highest BCUT2D eigenvalue weighted by molar-refractivity contribution is 5.24. The maximum absolute atomic E-state index is 5.19. The molecule has 18 heavy (non-hydrogen) atoms. The Bertz CT molecular complexity index is 497. The zero-order valence-electron chi connectivity index (χ0n) is 10.6. The summed E-state index contributed by atoms with van der Waals surface area (Å²) in [6.07, 6.45) is 3.29. The van der Waals surface area contributed by atoms with Gasteiger partial charge < -0.3 is 10.1 Å². The van der Waals surface area contributed by atoms with Crippen LogP contribution in [0.2, 0.25) is 0 Å². The summed E-state index contributed by atoms with van der Waals surface area (Å²) >= 11 is 0. The average molecular weight is 247 g/mol. The molecule has 2 aromatic rings. The number of methoxy groups -OCH3 is 1. The van der Waals surface area contributed by atoms with Crippen molar-refractivity contribution in [1.29, 1.82) is 0 Å². The molecule has 0 aliphatic rings. The zero-order chi connectivity index (χ0) is 12.8. The van der Waals surface area contributed by atoms with E-state index in [1.807, 2.05) is 23.7 Å². The highest BCUT2D eigenvalue weighted by Gasteiger charge is 2.05. The van der Waals surface area contributed by atoms with E-state index < -0.39 is 0 Å². The summed E-state index contributed by atoms with van der Waals surface area (Å²) in [7, 11) is 1.62. The molecule has 2 aromatic heterocycles. The lowest BCUT2D eigenvalue weighted by Gasteiger charge is -2.08. The Hall–Kier alpha value is -1.95. The first-order valence-corrected chi connectivity index (χ1v) is 5.90. The van der Waals surface area contributed by atoms with E-state index in [0.29, 0.717) is 19.0 Å². The molecule has 0 unspecified atom stereocenters. The smallest absolute Gasteiger partial charge is 0.217 e. The van der Waals surface area contributed by atoms with Crippen LogP contribution in [0.15, 0.2) is 24.7 Å². The van der Waals surface area contributed by atoms with Gasteiger partial charge in [0, 0.05) is 24.8 Å². The van der Waals surface area contributed by atoms with E-state index in [1.54, 1.807) is 19.6 Å². The number of rotatable bonds is 6. The van der Waals surface area contributed by atoms with E-state index in [2.05, 4.69) is 20.4 Å². The molecule has 0 amide bonds. The van der Waals surface area contributed by atoms with E-state index in [-0.39, 0.29) is 0 Å². The first kappa shape index (κ1) is 12.5. The predicted molar refractivity (Wildman–Crippen MR) is 67.0 cm³/mol. The van der Waals surface area contributed by atoms with Crippen LogP contribution in [0.4, 0.5) is 0 Å². The summed E-state index contributed by atoms with van der Waals surface area (Å²) in [5, 5.41) is 7.43. The van der Waals surface area contributed by atoms with Gasteiger partial charge in [0.1, 0.15) is 12.2 Å². The molecule has 0 aliphatic heterocycles. The van der Waals surface area contributed by atoms with Crippen molar-refractivity contribution in [2.45, 2.75) is 26.6 Å². The summed E-state index contributed by atoms with van der Waals surface area (Å²) in [5.41, 5.74) is 1.03. The first-order valence-electron chi connectivity index (χ1n) is 5.90. The van der Waals surface area contributed by atoms with Gasteiger partial charge >= 0.3 is 0 Å². The summed E-state index contributed by atoms with van der Waals surface area (Å²) in [4.78, 5) is 8.35. The minimum absolute atomic E-state index is 0.655. The van der Waals surface area contributed by atoms with Crippen molar-refractivity contribution in [1.82, 2.24) is 25.1 Å². The Kier molecular flexibility index (Phi) is 4.25. The maximum Gasteiger partial charge on any atom is 0.217 e. The quantitative estimate of drug-likeness (QED) is 0.824. The average Bonchev–Trinajstić information content (AvgIpc) is 2.87. The molecule has 0 radical (unpaired) electrons. The van der Waals surface area contributed by atoms with Crippen LogP contribution in [-0.4, -0.2) is 26.9 Å². The largest absolute Gasteiger partial charge is 0.481 e. The Morgan fingerprint density at radius 3 is 3.00 bits per heavy atom. The molecule has 0 spiro atoms. The number of pyridine rings is 1. The number of ether oxygens (including phenoxy) is 1. The lowest BCUT2D eigenvalue weighted by atomic mass is 10.2. The van der Waals surface area contributed by atoms with Crippen LogP contribution in [-0.2, 0) is 19.6 Å². The normalized spacial score (nSPS) is 10.6. The fourth-order valence-electron chi connectivity index (χ4n) is 1.74. The van der Waals surface area contributed by atoms with Crippen molar-refractivity contribution < 1.29 is 4.74 Å². The highest BCUT2D eigenvalue weighted by atomic mass is 16.5. The summed E-state index contributed by atoms with van der Waals surface area (Å²) in [6, 6.07) is 3.89. The van der Waals surface area contributed by atoms with Gasteiger partial charge in [-0.3, -0.25) is 0 Å². The van der Waals surface area contributed by atoms with Crippen molar-refractivity contribution >= 4 is 0 Å². The Morgan fingerprint density at radius 1 is 1.33 bits per heavy atom. The molecule has 2 rings (SSSR count). The lowest BCUT2D eigenvalue weighted by Crippen LogP contribution is -2.17. The summed E-state index contributed by atoms with van der Waals surface area (Å²) < 4.78 is 7.06. The van der Waals surface area contributed by atoms with Crippen LogP contribution < -0.4 is 10.1 Å². The van der Waals surface area contributed by atoms with Gasteiger partial charge in [0.25, 0.3) is 0 Å². The van der Waals surface area contributed by atoms with Crippen LogP contribution in [0.25, 0.3) is 0 Å². The molecule has 2 heterocycles. The molecule has 6 nitrogen and oxygen atoms in total. The number of aromatic nitrogens is 4. The molecule has 0 atom stereocenters. The molecule has 0 saturated heterocycles. The van der Waals surface area contributed by atoms with E-state index >= 15 is 0 Å². The third kappa shape index (κ3) is 2.84. The van der Waals surface area contributed by atoms with Crippen LogP contribution in [0.1, 0.15) is 18.3 Å². The van der Waals surface area contributed by atoms with Gasteiger partial charge in [-0.05, 0) is 13.0 Å². The van der Waals surface area contributed by atoms with Gasteiger partial charge in [0.2, 0.25) is 5.88 Å². The number of aryl methyl sites for hydroxylation is 1. The second kappa shape index (κ2) is 6.11. The molecule has 0 saturated carbocycles. The monoisotopic (exact) mass is 247 g/mol. The van der Waals surface area contributed by atoms with Crippen LogP contribution in [0.5, 0.6) is 5.88 Å². The third-order valence-electron chi connectivity index (χ3n) is 2.64. The van der Waals surface area contributed by atoms with E-state index in [1.165, 1.54) is 0 Å². The van der Waals surface area contributed by atoms with Gasteiger partial charge in [-0.15, -0.1) is 0 Å².